The normalized spacial score (nSPS) is 20.7. The maximum Gasteiger partial charge on any atom is 0.126 e. The molecule has 0 amide bonds. The molecule has 1 fully saturated rings. The van der Waals surface area contributed by atoms with Crippen LogP contribution >= 0.6 is 0 Å². The van der Waals surface area contributed by atoms with Crippen LogP contribution < -0.4 is 16.4 Å². The molecule has 0 radical (unpaired) electrons. The summed E-state index contributed by atoms with van der Waals surface area (Å²) in [5.41, 5.74) is 10.4. The highest BCUT2D eigenvalue weighted by Gasteiger charge is 2.15. The number of benzene rings is 1. The van der Waals surface area contributed by atoms with Crippen molar-refractivity contribution in [1.29, 1.82) is 0 Å². The predicted octanol–water partition coefficient (Wildman–Crippen LogP) is 2.45. The van der Waals surface area contributed by atoms with Crippen LogP contribution in [-0.4, -0.2) is 36.9 Å². The SMILES string of the molecule is Nc1cc(N[C@H]2CCCNC2)c2ccc(C3=CC=NC3)cc2n1. The zero-order valence-corrected chi connectivity index (χ0v) is 13.0. The minimum Gasteiger partial charge on any atom is -0.384 e. The maximum absolute atomic E-state index is 6.03. The molecule has 2 aliphatic rings. The fraction of sp³-hybridized carbons (Fsp3) is 0.333. The van der Waals surface area contributed by atoms with E-state index >= 15 is 0 Å². The summed E-state index contributed by atoms with van der Waals surface area (Å²) in [5, 5.41) is 8.18. The van der Waals surface area contributed by atoms with Gasteiger partial charge in [0, 0.05) is 35.9 Å². The number of pyridine rings is 1. The molecule has 4 rings (SSSR count). The Bertz CT molecular complexity index is 787. The second kappa shape index (κ2) is 6.01. The third-order valence-corrected chi connectivity index (χ3v) is 4.50. The molecule has 2 aliphatic heterocycles. The van der Waals surface area contributed by atoms with Crippen molar-refractivity contribution in [3.8, 4) is 0 Å². The first-order valence-corrected chi connectivity index (χ1v) is 8.16. The van der Waals surface area contributed by atoms with Crippen LogP contribution in [0.5, 0.6) is 0 Å². The number of anilines is 2. The molecule has 0 unspecified atom stereocenters. The van der Waals surface area contributed by atoms with Gasteiger partial charge in [-0.25, -0.2) is 4.98 Å². The fourth-order valence-electron chi connectivity index (χ4n) is 3.30. The molecule has 0 bridgehead atoms. The van der Waals surface area contributed by atoms with Gasteiger partial charge in [-0.3, -0.25) is 4.99 Å². The first-order chi connectivity index (χ1) is 11.3. The molecule has 118 valence electrons. The van der Waals surface area contributed by atoms with E-state index in [9.17, 15) is 0 Å². The van der Waals surface area contributed by atoms with Gasteiger partial charge in [0.1, 0.15) is 5.82 Å². The lowest BCUT2D eigenvalue weighted by Crippen LogP contribution is -2.38. The summed E-state index contributed by atoms with van der Waals surface area (Å²) in [7, 11) is 0. The first-order valence-electron chi connectivity index (χ1n) is 8.16. The van der Waals surface area contributed by atoms with Crippen molar-refractivity contribution in [2.75, 3.05) is 30.7 Å². The van der Waals surface area contributed by atoms with Crippen molar-refractivity contribution < 1.29 is 0 Å². The highest BCUT2D eigenvalue weighted by atomic mass is 15.0. The number of aliphatic imine (C=N–C) groups is 1. The predicted molar refractivity (Wildman–Crippen MR) is 97.0 cm³/mol. The van der Waals surface area contributed by atoms with Crippen LogP contribution in [0.1, 0.15) is 18.4 Å². The number of nitrogens with one attached hydrogen (secondary N) is 2. The summed E-state index contributed by atoms with van der Waals surface area (Å²) in [6.45, 7) is 2.84. The van der Waals surface area contributed by atoms with E-state index in [1.807, 2.05) is 12.3 Å². The van der Waals surface area contributed by atoms with E-state index in [-0.39, 0.29) is 0 Å². The highest BCUT2D eigenvalue weighted by molar-refractivity contribution is 5.97. The second-order valence-electron chi connectivity index (χ2n) is 6.20. The van der Waals surface area contributed by atoms with Crippen molar-refractivity contribution in [2.24, 2.45) is 4.99 Å². The number of aromatic nitrogens is 1. The van der Waals surface area contributed by atoms with E-state index in [0.29, 0.717) is 11.9 Å². The van der Waals surface area contributed by atoms with Gasteiger partial charge in [0.25, 0.3) is 0 Å². The van der Waals surface area contributed by atoms with Crippen molar-refractivity contribution in [1.82, 2.24) is 10.3 Å². The summed E-state index contributed by atoms with van der Waals surface area (Å²) in [6.07, 6.45) is 6.29. The van der Waals surface area contributed by atoms with E-state index in [0.717, 1.165) is 36.2 Å². The molecule has 5 heteroatoms. The molecule has 4 N–H and O–H groups in total. The Morgan fingerprint density at radius 3 is 3.00 bits per heavy atom. The van der Waals surface area contributed by atoms with Crippen LogP contribution in [0.4, 0.5) is 11.5 Å². The smallest absolute Gasteiger partial charge is 0.126 e. The Kier molecular flexibility index (Phi) is 3.71. The average Bonchev–Trinajstić information content (AvgIpc) is 3.09. The van der Waals surface area contributed by atoms with Gasteiger partial charge in [0.05, 0.1) is 12.1 Å². The van der Waals surface area contributed by atoms with Gasteiger partial charge < -0.3 is 16.4 Å². The van der Waals surface area contributed by atoms with Crippen LogP contribution in [0.15, 0.2) is 35.3 Å². The molecular weight excluding hydrogens is 286 g/mol. The number of nitrogens with two attached hydrogens (primary N) is 1. The molecule has 1 atom stereocenters. The van der Waals surface area contributed by atoms with Crippen LogP contribution in [0.3, 0.4) is 0 Å². The van der Waals surface area contributed by atoms with Crippen molar-refractivity contribution >= 4 is 34.2 Å². The molecule has 3 heterocycles. The number of allylic oxidation sites excluding steroid dienone is 1. The Morgan fingerprint density at radius 1 is 1.26 bits per heavy atom. The molecule has 0 aliphatic carbocycles. The van der Waals surface area contributed by atoms with Crippen molar-refractivity contribution in [3.05, 3.63) is 35.9 Å². The molecule has 1 aromatic carbocycles. The minimum atomic E-state index is 0.444. The lowest BCUT2D eigenvalue weighted by Gasteiger charge is -2.25. The Balaban J connectivity index is 1.69. The van der Waals surface area contributed by atoms with Crippen molar-refractivity contribution in [3.63, 3.8) is 0 Å². The number of fused-ring (bicyclic) bond motifs is 1. The zero-order valence-electron chi connectivity index (χ0n) is 13.0. The summed E-state index contributed by atoms with van der Waals surface area (Å²) in [5.74, 6) is 0.553. The summed E-state index contributed by atoms with van der Waals surface area (Å²) in [6, 6.07) is 8.77. The molecule has 5 nitrogen and oxygen atoms in total. The number of hydrogen-bond acceptors (Lipinski definition) is 5. The van der Waals surface area contributed by atoms with Crippen LogP contribution in [0.2, 0.25) is 0 Å². The standard InChI is InChI=1S/C18H21N5/c19-18-9-17(22-14-2-1-6-20-11-14)15-4-3-12(8-16(15)23-18)13-5-7-21-10-13/h3-5,7-9,14,20H,1-2,6,10-11H2,(H3,19,22,23)/t14-/m0/s1. The number of hydrogen-bond donors (Lipinski definition) is 3. The van der Waals surface area contributed by atoms with Gasteiger partial charge in [-0.15, -0.1) is 0 Å². The topological polar surface area (TPSA) is 75.3 Å². The molecule has 1 aromatic heterocycles. The summed E-state index contributed by atoms with van der Waals surface area (Å²) >= 11 is 0. The Morgan fingerprint density at radius 2 is 2.22 bits per heavy atom. The number of piperidine rings is 1. The van der Waals surface area contributed by atoms with Gasteiger partial charge >= 0.3 is 0 Å². The molecule has 0 spiro atoms. The van der Waals surface area contributed by atoms with E-state index in [1.54, 1.807) is 0 Å². The minimum absolute atomic E-state index is 0.444. The summed E-state index contributed by atoms with van der Waals surface area (Å²) < 4.78 is 0. The fourth-order valence-corrected chi connectivity index (χ4v) is 3.30. The largest absolute Gasteiger partial charge is 0.384 e. The van der Waals surface area contributed by atoms with Crippen LogP contribution in [0, 0.1) is 0 Å². The van der Waals surface area contributed by atoms with Crippen LogP contribution in [-0.2, 0) is 0 Å². The van der Waals surface area contributed by atoms with Crippen molar-refractivity contribution in [2.45, 2.75) is 18.9 Å². The Labute approximate surface area is 135 Å². The zero-order chi connectivity index (χ0) is 15.6. The molecular formula is C18H21N5. The molecule has 23 heavy (non-hydrogen) atoms. The van der Waals surface area contributed by atoms with Gasteiger partial charge in [-0.2, -0.15) is 0 Å². The molecule has 1 saturated heterocycles. The number of nitrogens with zero attached hydrogens (tertiary/aromatic N) is 2. The van der Waals surface area contributed by atoms with Gasteiger partial charge in [-0.1, -0.05) is 12.1 Å². The van der Waals surface area contributed by atoms with E-state index in [1.165, 1.54) is 24.0 Å². The third kappa shape index (κ3) is 2.92. The quantitative estimate of drug-likeness (QED) is 0.814. The Hall–Kier alpha value is -2.40. The monoisotopic (exact) mass is 307 g/mol. The van der Waals surface area contributed by atoms with E-state index < -0.39 is 0 Å². The van der Waals surface area contributed by atoms with E-state index in [4.69, 9.17) is 5.73 Å². The summed E-state index contributed by atoms with van der Waals surface area (Å²) in [4.78, 5) is 8.77. The van der Waals surface area contributed by atoms with Gasteiger partial charge in [0.15, 0.2) is 0 Å². The lowest BCUT2D eigenvalue weighted by molar-refractivity contribution is 0.480. The van der Waals surface area contributed by atoms with Gasteiger partial charge in [0.2, 0.25) is 0 Å². The third-order valence-electron chi connectivity index (χ3n) is 4.50. The lowest BCUT2D eigenvalue weighted by atomic mass is 10.0. The van der Waals surface area contributed by atoms with Crippen LogP contribution in [0.25, 0.3) is 16.5 Å². The average molecular weight is 307 g/mol. The molecule has 2 aromatic rings. The highest BCUT2D eigenvalue weighted by Crippen LogP contribution is 2.29. The number of rotatable bonds is 3. The second-order valence-corrected chi connectivity index (χ2v) is 6.20. The maximum atomic E-state index is 6.03. The van der Waals surface area contributed by atoms with E-state index in [2.05, 4.69) is 44.9 Å². The van der Waals surface area contributed by atoms with Gasteiger partial charge in [-0.05, 0) is 42.7 Å². The number of nitrogen functional groups attached to an aromatic ring is 1. The first kappa shape index (κ1) is 14.2. The molecule has 0 saturated carbocycles.